The summed E-state index contributed by atoms with van der Waals surface area (Å²) in [6.45, 7) is 14.5. The highest BCUT2D eigenvalue weighted by Crippen LogP contribution is 2.53. The van der Waals surface area contributed by atoms with Gasteiger partial charge in [-0.05, 0) is 107 Å². The van der Waals surface area contributed by atoms with Crippen LogP contribution in [0.25, 0.3) is 0 Å². The van der Waals surface area contributed by atoms with Crippen LogP contribution >= 0.6 is 0 Å². The highest BCUT2D eigenvalue weighted by atomic mass is 19.1. The van der Waals surface area contributed by atoms with Gasteiger partial charge in [0.2, 0.25) is 0 Å². The van der Waals surface area contributed by atoms with Gasteiger partial charge < -0.3 is 0 Å². The van der Waals surface area contributed by atoms with Crippen molar-refractivity contribution in [2.45, 2.75) is 97.1 Å². The van der Waals surface area contributed by atoms with Crippen molar-refractivity contribution < 1.29 is 4.39 Å². The number of alkyl halides is 1. The number of hydrogen-bond donors (Lipinski definition) is 0. The first-order chi connectivity index (χ1) is 14.7. The summed E-state index contributed by atoms with van der Waals surface area (Å²) < 4.78 is 14.4. The topological polar surface area (TPSA) is 0 Å². The molecule has 1 heteroatoms. The molecule has 0 radical (unpaired) electrons. The number of halogens is 1. The molecule has 0 aliphatic heterocycles. The minimum Gasteiger partial charge on any atom is -0.244 e. The second-order valence-corrected chi connectivity index (χ2v) is 12.2. The smallest absolute Gasteiger partial charge is 0.109 e. The van der Waals surface area contributed by atoms with E-state index in [2.05, 4.69) is 38.3 Å². The van der Waals surface area contributed by atoms with E-state index in [1.165, 1.54) is 68.1 Å². The van der Waals surface area contributed by atoms with Crippen molar-refractivity contribution in [2.24, 2.45) is 41.4 Å². The van der Waals surface area contributed by atoms with Crippen LogP contribution in [0.15, 0.2) is 48.1 Å². The zero-order chi connectivity index (χ0) is 22.2. The van der Waals surface area contributed by atoms with Crippen molar-refractivity contribution in [2.75, 3.05) is 0 Å². The third kappa shape index (κ3) is 6.23. The van der Waals surface area contributed by atoms with Crippen LogP contribution in [-0.4, -0.2) is 5.67 Å². The summed E-state index contributed by atoms with van der Waals surface area (Å²) in [5, 5.41) is 0. The second kappa shape index (κ2) is 9.40. The van der Waals surface area contributed by atoms with E-state index in [-0.39, 0.29) is 0 Å². The highest BCUT2D eigenvalue weighted by Gasteiger charge is 2.43. The number of hydrogen-bond acceptors (Lipinski definition) is 0. The molecule has 0 spiro atoms. The molecule has 0 aromatic rings. The van der Waals surface area contributed by atoms with Crippen LogP contribution in [0.4, 0.5) is 4.39 Å². The van der Waals surface area contributed by atoms with E-state index in [9.17, 15) is 4.39 Å². The molecule has 0 N–H and O–H groups in total. The van der Waals surface area contributed by atoms with Crippen LogP contribution in [0, 0.1) is 41.4 Å². The third-order valence-corrected chi connectivity index (χ3v) is 8.68. The average molecular weight is 425 g/mol. The molecule has 172 valence electrons. The van der Waals surface area contributed by atoms with E-state index in [1.807, 2.05) is 0 Å². The van der Waals surface area contributed by atoms with Crippen LogP contribution in [0.5, 0.6) is 0 Å². The predicted molar refractivity (Wildman–Crippen MR) is 132 cm³/mol. The Balaban J connectivity index is 1.43. The van der Waals surface area contributed by atoms with Gasteiger partial charge in [-0.3, -0.25) is 0 Å². The maximum atomic E-state index is 14.4. The van der Waals surface area contributed by atoms with Crippen molar-refractivity contribution >= 4 is 0 Å². The van der Waals surface area contributed by atoms with Crippen molar-refractivity contribution in [3.63, 3.8) is 0 Å². The van der Waals surface area contributed by atoms with Crippen molar-refractivity contribution in [1.82, 2.24) is 0 Å². The largest absolute Gasteiger partial charge is 0.244 e. The summed E-state index contributed by atoms with van der Waals surface area (Å²) in [4.78, 5) is 0. The molecule has 4 unspecified atom stereocenters. The Labute approximate surface area is 191 Å². The molecule has 4 aliphatic carbocycles. The van der Waals surface area contributed by atoms with Gasteiger partial charge in [0.05, 0.1) is 0 Å². The standard InChI is InChI=1S/C30H45F/c1-6-7-8-24-17-25(24)13-21(3)28(23-11-9-20(2)10-12-23)16-22-14-26-18-29(26)27(15-22)19-30(4,5)31/h6,14-15,20,23-26,28-29H,1,3,7-13,16-19H2,2,4-5H3/t20?,23?,24?,25?,26?,28-,29?/m1/s1. The molecule has 0 aromatic carbocycles. The van der Waals surface area contributed by atoms with Crippen molar-refractivity contribution in [3.8, 4) is 0 Å². The number of fused-ring (bicyclic) bond motifs is 1. The average Bonchev–Trinajstić information content (AvgIpc) is 3.60. The van der Waals surface area contributed by atoms with E-state index in [0.717, 1.165) is 36.5 Å². The maximum absolute atomic E-state index is 14.4. The normalized spacial score (nSPS) is 35.5. The second-order valence-electron chi connectivity index (χ2n) is 12.2. The molecule has 4 rings (SSSR count). The van der Waals surface area contributed by atoms with E-state index in [1.54, 1.807) is 13.8 Å². The molecule has 5 atom stereocenters. The van der Waals surface area contributed by atoms with Crippen LogP contribution in [0.1, 0.15) is 91.4 Å². The first-order valence-electron chi connectivity index (χ1n) is 13.1. The van der Waals surface area contributed by atoms with Gasteiger partial charge in [-0.2, -0.15) is 0 Å². The van der Waals surface area contributed by atoms with E-state index in [4.69, 9.17) is 0 Å². The highest BCUT2D eigenvalue weighted by molar-refractivity contribution is 5.38. The van der Waals surface area contributed by atoms with Gasteiger partial charge in [0.15, 0.2) is 0 Å². The Morgan fingerprint density at radius 2 is 1.94 bits per heavy atom. The minimum absolute atomic E-state index is 0.602. The summed E-state index contributed by atoms with van der Waals surface area (Å²) in [6.07, 6.45) is 20.6. The van der Waals surface area contributed by atoms with Gasteiger partial charge >= 0.3 is 0 Å². The van der Waals surface area contributed by atoms with Gasteiger partial charge in [-0.25, -0.2) is 4.39 Å². The lowest BCUT2D eigenvalue weighted by molar-refractivity contribution is 0.213. The Hall–Kier alpha value is -1.11. The van der Waals surface area contributed by atoms with Gasteiger partial charge in [-0.15, -0.1) is 6.58 Å². The quantitative estimate of drug-likeness (QED) is 0.290. The molecule has 31 heavy (non-hydrogen) atoms. The van der Waals surface area contributed by atoms with Gasteiger partial charge in [0.25, 0.3) is 0 Å². The van der Waals surface area contributed by atoms with Crippen LogP contribution < -0.4 is 0 Å². The lowest BCUT2D eigenvalue weighted by Gasteiger charge is -2.35. The Morgan fingerprint density at radius 1 is 1.19 bits per heavy atom. The summed E-state index contributed by atoms with van der Waals surface area (Å²) in [6, 6.07) is 0. The zero-order valence-electron chi connectivity index (χ0n) is 20.3. The monoisotopic (exact) mass is 424 g/mol. The van der Waals surface area contributed by atoms with Gasteiger partial charge in [0.1, 0.15) is 5.67 Å². The Morgan fingerprint density at radius 3 is 2.61 bits per heavy atom. The fraction of sp³-hybridized carbons (Fsp3) is 0.733. The SMILES string of the molecule is C=CCCC1CC1CC(=C)[C@@H](CC1=CC2CC2C(CC(C)(C)F)=C1)C1CCC(C)CC1. The number of allylic oxidation sites excluding steroid dienone is 6. The summed E-state index contributed by atoms with van der Waals surface area (Å²) in [7, 11) is 0. The lowest BCUT2D eigenvalue weighted by Crippen LogP contribution is -2.23. The van der Waals surface area contributed by atoms with E-state index in [0.29, 0.717) is 24.2 Å². The molecule has 0 heterocycles. The first kappa shape index (κ1) is 23.1. The Bertz CT molecular complexity index is 724. The molecule has 3 saturated carbocycles. The predicted octanol–water partition coefficient (Wildman–Crippen LogP) is 9.01. The van der Waals surface area contributed by atoms with Gasteiger partial charge in [-0.1, -0.05) is 61.3 Å². The first-order valence-corrected chi connectivity index (χ1v) is 13.1. The zero-order valence-corrected chi connectivity index (χ0v) is 20.3. The molecular weight excluding hydrogens is 379 g/mol. The molecule has 0 bridgehead atoms. The molecule has 3 fully saturated rings. The molecule has 0 aromatic heterocycles. The Kier molecular flexibility index (Phi) is 6.99. The maximum Gasteiger partial charge on any atom is 0.109 e. The van der Waals surface area contributed by atoms with Crippen LogP contribution in [-0.2, 0) is 0 Å². The molecule has 0 nitrogen and oxygen atoms in total. The van der Waals surface area contributed by atoms with Crippen molar-refractivity contribution in [1.29, 1.82) is 0 Å². The molecular formula is C30H45F. The lowest BCUT2D eigenvalue weighted by atomic mass is 9.70. The number of rotatable bonds is 11. The minimum atomic E-state index is -1.10. The molecule has 0 amide bonds. The van der Waals surface area contributed by atoms with Crippen LogP contribution in [0.2, 0.25) is 0 Å². The summed E-state index contributed by atoms with van der Waals surface area (Å²) in [5.41, 5.74) is 3.28. The third-order valence-electron chi connectivity index (χ3n) is 8.68. The molecule has 4 aliphatic rings. The van der Waals surface area contributed by atoms with E-state index < -0.39 is 5.67 Å². The van der Waals surface area contributed by atoms with Crippen molar-refractivity contribution in [3.05, 3.63) is 48.1 Å². The van der Waals surface area contributed by atoms with Gasteiger partial charge in [0, 0.05) is 6.42 Å². The van der Waals surface area contributed by atoms with Crippen LogP contribution in [0.3, 0.4) is 0 Å². The summed E-state index contributed by atoms with van der Waals surface area (Å²) >= 11 is 0. The fourth-order valence-electron chi connectivity index (χ4n) is 6.61. The summed E-state index contributed by atoms with van der Waals surface area (Å²) in [5.74, 6) is 5.38. The van der Waals surface area contributed by atoms with E-state index >= 15 is 0 Å². The molecule has 0 saturated heterocycles. The fourth-order valence-corrected chi connectivity index (χ4v) is 6.61.